The number of aromatic hydroxyl groups is 1. The van der Waals surface area contributed by atoms with Crippen LogP contribution < -0.4 is 5.73 Å². The van der Waals surface area contributed by atoms with Crippen LogP contribution in [0, 0.1) is 5.82 Å². The number of halogens is 2. The highest BCUT2D eigenvalue weighted by atomic mass is 35.5. The predicted octanol–water partition coefficient (Wildman–Crippen LogP) is 4.44. The number of nitrogens with zero attached hydrogens (tertiary/aromatic N) is 3. The van der Waals surface area contributed by atoms with Gasteiger partial charge in [-0.3, -0.25) is 0 Å². The minimum Gasteiger partial charge on any atom is -0.508 e. The van der Waals surface area contributed by atoms with Crippen molar-refractivity contribution in [2.75, 3.05) is 5.73 Å². The van der Waals surface area contributed by atoms with Gasteiger partial charge in [0.05, 0.1) is 16.9 Å². The number of pyridine rings is 1. The topological polar surface area (TPSA) is 84.9 Å². The molecule has 0 bridgehead atoms. The molecule has 26 heavy (non-hydrogen) atoms. The minimum absolute atomic E-state index is 0.0704. The normalized spacial score (nSPS) is 11.0. The van der Waals surface area contributed by atoms with E-state index in [1.807, 2.05) is 0 Å². The van der Waals surface area contributed by atoms with Crippen molar-refractivity contribution in [1.82, 2.24) is 15.0 Å². The summed E-state index contributed by atoms with van der Waals surface area (Å²) in [6.45, 7) is 0. The van der Waals surface area contributed by atoms with E-state index in [-0.39, 0.29) is 22.7 Å². The van der Waals surface area contributed by atoms with Gasteiger partial charge in [0.2, 0.25) is 5.95 Å². The molecule has 2 aromatic heterocycles. The summed E-state index contributed by atoms with van der Waals surface area (Å²) < 4.78 is 13.5. The average Bonchev–Trinajstić information content (AvgIpc) is 2.61. The molecule has 2 heterocycles. The second kappa shape index (κ2) is 6.24. The molecule has 0 unspecified atom stereocenters. The zero-order valence-corrected chi connectivity index (χ0v) is 14.1. The maximum absolute atomic E-state index is 13.5. The number of benzene rings is 2. The van der Waals surface area contributed by atoms with Crippen LogP contribution in [0.25, 0.3) is 33.4 Å². The summed E-state index contributed by atoms with van der Waals surface area (Å²) in [5, 5.41) is 10.3. The van der Waals surface area contributed by atoms with E-state index in [1.165, 1.54) is 12.1 Å². The SMILES string of the molecule is Nc1nc(-c2ccc(O)cc2)cc(-c2cc3cc(F)ccc3nc2Cl)n1. The van der Waals surface area contributed by atoms with Crippen LogP contribution >= 0.6 is 11.6 Å². The van der Waals surface area contributed by atoms with Crippen molar-refractivity contribution >= 4 is 28.5 Å². The number of phenolic OH excluding ortho intramolecular Hbond substituents is 1. The molecule has 0 spiro atoms. The van der Waals surface area contributed by atoms with Crippen LogP contribution in [-0.2, 0) is 0 Å². The average molecular weight is 367 g/mol. The summed E-state index contributed by atoms with van der Waals surface area (Å²) in [4.78, 5) is 12.8. The second-order valence-corrected chi connectivity index (χ2v) is 6.07. The van der Waals surface area contributed by atoms with Gasteiger partial charge in [0.25, 0.3) is 0 Å². The number of aromatic nitrogens is 3. The first-order chi connectivity index (χ1) is 12.5. The number of hydrogen-bond donors (Lipinski definition) is 2. The van der Waals surface area contributed by atoms with Crippen LogP contribution in [0.1, 0.15) is 0 Å². The lowest BCUT2D eigenvalue weighted by Gasteiger charge is -2.09. The predicted molar refractivity (Wildman–Crippen MR) is 99.3 cm³/mol. The summed E-state index contributed by atoms with van der Waals surface area (Å²) >= 11 is 6.31. The van der Waals surface area contributed by atoms with Gasteiger partial charge in [-0.1, -0.05) is 11.6 Å². The molecule has 4 aromatic rings. The van der Waals surface area contributed by atoms with Crippen LogP contribution in [0.3, 0.4) is 0 Å². The number of fused-ring (bicyclic) bond motifs is 1. The van der Waals surface area contributed by atoms with Gasteiger partial charge in [-0.15, -0.1) is 0 Å². The molecule has 0 saturated heterocycles. The molecular formula is C19H12ClFN4O. The zero-order chi connectivity index (χ0) is 18.3. The molecule has 0 fully saturated rings. The standard InChI is InChI=1S/C19H12ClFN4O/c20-18-14(8-11-7-12(21)3-6-15(11)23-18)17-9-16(24-19(22)25-17)10-1-4-13(26)5-2-10/h1-9,26H,(H2,22,24,25). The Morgan fingerprint density at radius 2 is 1.62 bits per heavy atom. The van der Waals surface area contributed by atoms with Gasteiger partial charge < -0.3 is 10.8 Å². The number of rotatable bonds is 2. The lowest BCUT2D eigenvalue weighted by molar-refractivity contribution is 0.475. The largest absolute Gasteiger partial charge is 0.508 e. The first-order valence-electron chi connectivity index (χ1n) is 7.70. The molecule has 7 heteroatoms. The Hall–Kier alpha value is -3.25. The molecule has 5 nitrogen and oxygen atoms in total. The monoisotopic (exact) mass is 366 g/mol. The molecule has 0 radical (unpaired) electrons. The Morgan fingerprint density at radius 1 is 0.885 bits per heavy atom. The van der Waals surface area contributed by atoms with E-state index in [0.717, 1.165) is 5.56 Å². The molecular weight excluding hydrogens is 355 g/mol. The Kier molecular flexibility index (Phi) is 3.89. The highest BCUT2D eigenvalue weighted by molar-refractivity contribution is 6.32. The van der Waals surface area contributed by atoms with Crippen molar-refractivity contribution in [1.29, 1.82) is 0 Å². The molecule has 3 N–H and O–H groups in total. The first-order valence-corrected chi connectivity index (χ1v) is 8.07. The molecule has 0 aliphatic rings. The lowest BCUT2D eigenvalue weighted by atomic mass is 10.1. The second-order valence-electron chi connectivity index (χ2n) is 5.71. The maximum Gasteiger partial charge on any atom is 0.221 e. The Bertz CT molecular complexity index is 1130. The van der Waals surface area contributed by atoms with E-state index in [2.05, 4.69) is 15.0 Å². The molecule has 0 saturated carbocycles. The van der Waals surface area contributed by atoms with Crippen molar-refractivity contribution in [2.24, 2.45) is 0 Å². The summed E-state index contributed by atoms with van der Waals surface area (Å²) in [5.74, 6) is -0.139. The number of nitrogens with two attached hydrogens (primary N) is 1. The quantitative estimate of drug-likeness (QED) is 0.512. The number of phenols is 1. The molecule has 4 rings (SSSR count). The maximum atomic E-state index is 13.5. The van der Waals surface area contributed by atoms with Gasteiger partial charge in [-0.25, -0.2) is 19.3 Å². The fourth-order valence-corrected chi connectivity index (χ4v) is 2.93. The minimum atomic E-state index is -0.362. The number of anilines is 1. The molecule has 0 amide bonds. The van der Waals surface area contributed by atoms with Crippen LogP contribution in [0.4, 0.5) is 10.3 Å². The fraction of sp³-hybridized carbons (Fsp3) is 0. The van der Waals surface area contributed by atoms with Crippen molar-refractivity contribution < 1.29 is 9.50 Å². The Balaban J connectivity index is 1.89. The van der Waals surface area contributed by atoms with Gasteiger partial charge in [0.1, 0.15) is 16.7 Å². The van der Waals surface area contributed by atoms with Gasteiger partial charge in [0.15, 0.2) is 0 Å². The summed E-state index contributed by atoms with van der Waals surface area (Å²) in [6.07, 6.45) is 0. The van der Waals surface area contributed by atoms with E-state index < -0.39 is 0 Å². The van der Waals surface area contributed by atoms with Crippen molar-refractivity contribution in [3.63, 3.8) is 0 Å². The van der Waals surface area contributed by atoms with E-state index in [1.54, 1.807) is 42.5 Å². The smallest absolute Gasteiger partial charge is 0.221 e. The van der Waals surface area contributed by atoms with E-state index >= 15 is 0 Å². The Labute approximate surface area is 152 Å². The van der Waals surface area contributed by atoms with Gasteiger partial charge in [-0.05, 0) is 54.6 Å². The van der Waals surface area contributed by atoms with Crippen molar-refractivity contribution in [2.45, 2.75) is 0 Å². The fourth-order valence-electron chi connectivity index (χ4n) is 2.69. The van der Waals surface area contributed by atoms with E-state index in [0.29, 0.717) is 27.9 Å². The van der Waals surface area contributed by atoms with Crippen LogP contribution in [-0.4, -0.2) is 20.1 Å². The van der Waals surface area contributed by atoms with Crippen molar-refractivity contribution in [3.8, 4) is 28.3 Å². The van der Waals surface area contributed by atoms with E-state index in [4.69, 9.17) is 17.3 Å². The number of nitrogen functional groups attached to an aromatic ring is 1. The van der Waals surface area contributed by atoms with Gasteiger partial charge in [0, 0.05) is 16.5 Å². The highest BCUT2D eigenvalue weighted by Gasteiger charge is 2.13. The summed E-state index contributed by atoms with van der Waals surface area (Å²) in [7, 11) is 0. The van der Waals surface area contributed by atoms with Crippen LogP contribution in [0.5, 0.6) is 5.75 Å². The molecule has 0 aliphatic carbocycles. The third-order valence-electron chi connectivity index (χ3n) is 3.91. The number of hydrogen-bond acceptors (Lipinski definition) is 5. The van der Waals surface area contributed by atoms with Crippen LogP contribution in [0.2, 0.25) is 5.15 Å². The molecule has 128 valence electrons. The molecule has 2 aromatic carbocycles. The molecule has 0 aliphatic heterocycles. The summed E-state index contributed by atoms with van der Waals surface area (Å²) in [5.41, 5.74) is 8.77. The zero-order valence-electron chi connectivity index (χ0n) is 13.3. The van der Waals surface area contributed by atoms with Crippen LogP contribution in [0.15, 0.2) is 54.6 Å². The third-order valence-corrected chi connectivity index (χ3v) is 4.20. The van der Waals surface area contributed by atoms with Crippen molar-refractivity contribution in [3.05, 3.63) is 65.6 Å². The first kappa shape index (κ1) is 16.2. The van der Waals surface area contributed by atoms with Gasteiger partial charge in [-0.2, -0.15) is 0 Å². The Morgan fingerprint density at radius 3 is 2.38 bits per heavy atom. The summed E-state index contributed by atoms with van der Waals surface area (Å²) in [6, 6.07) is 14.3. The lowest BCUT2D eigenvalue weighted by Crippen LogP contribution is -1.99. The molecule has 0 atom stereocenters. The van der Waals surface area contributed by atoms with E-state index in [9.17, 15) is 9.50 Å². The third kappa shape index (κ3) is 3.02. The van der Waals surface area contributed by atoms with Gasteiger partial charge >= 0.3 is 0 Å². The highest BCUT2D eigenvalue weighted by Crippen LogP contribution is 2.31.